The third-order valence-corrected chi connectivity index (χ3v) is 6.28. The molecule has 8 nitrogen and oxygen atoms in total. The van der Waals surface area contributed by atoms with E-state index in [0.717, 1.165) is 42.8 Å². The van der Waals surface area contributed by atoms with E-state index in [1.807, 2.05) is 42.5 Å². The molecule has 0 radical (unpaired) electrons. The van der Waals surface area contributed by atoms with Gasteiger partial charge in [0.25, 0.3) is 5.91 Å². The smallest absolute Gasteiger partial charge is 0.254 e. The van der Waals surface area contributed by atoms with E-state index in [4.69, 9.17) is 9.36 Å². The Morgan fingerprint density at radius 2 is 1.94 bits per heavy atom. The van der Waals surface area contributed by atoms with E-state index in [2.05, 4.69) is 32.7 Å². The lowest BCUT2D eigenvalue weighted by molar-refractivity contribution is 0.0732. The van der Waals surface area contributed by atoms with E-state index in [-0.39, 0.29) is 17.9 Å². The van der Waals surface area contributed by atoms with Crippen molar-refractivity contribution in [1.29, 1.82) is 0 Å². The van der Waals surface area contributed by atoms with Gasteiger partial charge in [-0.3, -0.25) is 4.79 Å². The van der Waals surface area contributed by atoms with Gasteiger partial charge in [0.05, 0.1) is 18.2 Å². The van der Waals surface area contributed by atoms with Crippen molar-refractivity contribution in [3.8, 4) is 11.1 Å². The first kappa shape index (κ1) is 21.3. The predicted octanol–water partition coefficient (Wildman–Crippen LogP) is 3.79. The highest BCUT2D eigenvalue weighted by Crippen LogP contribution is 2.32. The summed E-state index contributed by atoms with van der Waals surface area (Å²) < 4.78 is 5.60. The molecule has 170 valence electrons. The van der Waals surface area contributed by atoms with Crippen LogP contribution in [0.1, 0.15) is 53.3 Å². The van der Waals surface area contributed by atoms with E-state index in [0.29, 0.717) is 30.2 Å². The number of hydrogen-bond donors (Lipinski definition) is 1. The lowest BCUT2D eigenvalue weighted by Crippen LogP contribution is -2.32. The molecular weight excluding hydrogens is 418 g/mol. The molecular formula is C25H27N5O3. The Labute approximate surface area is 192 Å². The van der Waals surface area contributed by atoms with Crippen LogP contribution in [0.2, 0.25) is 0 Å². The Bertz CT molecular complexity index is 1120. The highest BCUT2D eigenvalue weighted by Gasteiger charge is 2.38. The van der Waals surface area contributed by atoms with Gasteiger partial charge in [-0.25, -0.2) is 0 Å². The number of hydrogen-bond acceptors (Lipinski definition) is 7. The molecule has 0 spiro atoms. The zero-order valence-corrected chi connectivity index (χ0v) is 18.6. The van der Waals surface area contributed by atoms with Gasteiger partial charge >= 0.3 is 0 Å². The number of likely N-dealkylation sites (tertiary alicyclic amines) is 1. The summed E-state index contributed by atoms with van der Waals surface area (Å²) in [5, 5.41) is 11.7. The lowest BCUT2D eigenvalue weighted by atomic mass is 10.00. The van der Waals surface area contributed by atoms with Crippen LogP contribution in [-0.2, 0) is 4.84 Å². The maximum atomic E-state index is 13.5. The lowest BCUT2D eigenvalue weighted by Gasteiger charge is -2.22. The van der Waals surface area contributed by atoms with Gasteiger partial charge in [-0.05, 0) is 42.6 Å². The fourth-order valence-electron chi connectivity index (χ4n) is 4.56. The van der Waals surface area contributed by atoms with E-state index in [9.17, 15) is 4.79 Å². The summed E-state index contributed by atoms with van der Waals surface area (Å²) in [7, 11) is 1.51. The summed E-state index contributed by atoms with van der Waals surface area (Å²) in [6.45, 7) is 2.22. The minimum absolute atomic E-state index is 0.0911. The Kier molecular flexibility index (Phi) is 6.17. The standard InChI is InChI=1S/C25H27N5O3/c1-32-28-21-14-22(23-27-24(33-29-23)20-8-5-13-26-15-20)30(16-21)25(31)19-11-9-18(10-12-19)17-6-3-2-4-7-17/h2-4,6-7,9-12,20,22,26H,5,8,13-16H2,1H3/b28-21+/t20-,22-/m0/s1. The third-order valence-electron chi connectivity index (χ3n) is 6.28. The Balaban J connectivity index is 1.38. The zero-order valence-electron chi connectivity index (χ0n) is 18.6. The maximum absolute atomic E-state index is 13.5. The van der Waals surface area contributed by atoms with Crippen LogP contribution in [-0.4, -0.2) is 53.4 Å². The van der Waals surface area contributed by atoms with E-state index in [1.165, 1.54) is 7.11 Å². The summed E-state index contributed by atoms with van der Waals surface area (Å²) in [5.74, 6) is 1.27. The van der Waals surface area contributed by atoms with Crippen LogP contribution in [0.4, 0.5) is 0 Å². The van der Waals surface area contributed by atoms with Crippen molar-refractivity contribution in [3.05, 3.63) is 71.9 Å². The van der Waals surface area contributed by atoms with Crippen molar-refractivity contribution in [1.82, 2.24) is 20.4 Å². The monoisotopic (exact) mass is 445 g/mol. The number of amides is 1. The molecule has 3 aromatic rings. The summed E-state index contributed by atoms with van der Waals surface area (Å²) in [6, 6.07) is 17.4. The molecule has 8 heteroatoms. The second-order valence-electron chi connectivity index (χ2n) is 8.47. The van der Waals surface area contributed by atoms with Gasteiger partial charge < -0.3 is 19.6 Å². The van der Waals surface area contributed by atoms with E-state index in [1.54, 1.807) is 4.90 Å². The third kappa shape index (κ3) is 4.52. The first-order valence-electron chi connectivity index (χ1n) is 11.3. The van der Waals surface area contributed by atoms with E-state index >= 15 is 0 Å². The maximum Gasteiger partial charge on any atom is 0.254 e. The fraction of sp³-hybridized carbons (Fsp3) is 0.360. The average molecular weight is 446 g/mol. The fourth-order valence-corrected chi connectivity index (χ4v) is 4.56. The number of aromatic nitrogens is 2. The molecule has 2 atom stereocenters. The molecule has 0 unspecified atom stereocenters. The first-order chi connectivity index (χ1) is 16.2. The number of piperidine rings is 1. The number of carbonyl (C=O) groups is 1. The molecule has 2 aliphatic heterocycles. The van der Waals surface area contributed by atoms with Gasteiger partial charge in [-0.15, -0.1) is 0 Å². The highest BCUT2D eigenvalue weighted by atomic mass is 16.6. The normalized spacial score (nSPS) is 22.0. The van der Waals surface area contributed by atoms with Gasteiger partial charge in [0.2, 0.25) is 5.89 Å². The minimum atomic E-state index is -0.339. The summed E-state index contributed by atoms with van der Waals surface area (Å²) >= 11 is 0. The largest absolute Gasteiger partial charge is 0.399 e. The van der Waals surface area contributed by atoms with Crippen LogP contribution in [0.15, 0.2) is 64.3 Å². The molecule has 33 heavy (non-hydrogen) atoms. The number of nitrogens with one attached hydrogen (secondary N) is 1. The van der Waals surface area contributed by atoms with Crippen molar-refractivity contribution in [2.75, 3.05) is 26.7 Å². The molecule has 2 fully saturated rings. The first-order valence-corrected chi connectivity index (χ1v) is 11.3. The Morgan fingerprint density at radius 3 is 2.67 bits per heavy atom. The Morgan fingerprint density at radius 1 is 1.15 bits per heavy atom. The summed E-state index contributed by atoms with van der Waals surface area (Å²) in [5.41, 5.74) is 3.57. The molecule has 1 N–H and O–H groups in total. The van der Waals surface area contributed by atoms with E-state index < -0.39 is 0 Å². The second kappa shape index (κ2) is 9.54. The van der Waals surface area contributed by atoms with Crippen LogP contribution in [0.25, 0.3) is 11.1 Å². The van der Waals surface area contributed by atoms with Gasteiger partial charge in [0.1, 0.15) is 13.2 Å². The molecule has 3 heterocycles. The topological polar surface area (TPSA) is 92.8 Å². The SMILES string of the molecule is CO/N=C1\C[C@@H](c2noc([C@H]3CCCNC3)n2)N(C(=O)c2ccc(-c3ccccc3)cc2)C1. The van der Waals surface area contributed by atoms with Gasteiger partial charge in [-0.1, -0.05) is 52.8 Å². The van der Waals surface area contributed by atoms with Crippen molar-refractivity contribution >= 4 is 11.6 Å². The number of rotatable bonds is 5. The molecule has 1 amide bonds. The van der Waals surface area contributed by atoms with Crippen molar-refractivity contribution in [3.63, 3.8) is 0 Å². The summed E-state index contributed by atoms with van der Waals surface area (Å²) in [4.78, 5) is 24.9. The minimum Gasteiger partial charge on any atom is -0.399 e. The molecule has 2 aliphatic rings. The van der Waals surface area contributed by atoms with Gasteiger partial charge in [0.15, 0.2) is 5.82 Å². The number of benzene rings is 2. The van der Waals surface area contributed by atoms with Crippen molar-refractivity contribution in [2.45, 2.75) is 31.2 Å². The molecule has 5 rings (SSSR count). The van der Waals surface area contributed by atoms with Crippen LogP contribution in [0.5, 0.6) is 0 Å². The van der Waals surface area contributed by atoms with Crippen LogP contribution >= 0.6 is 0 Å². The predicted molar refractivity (Wildman–Crippen MR) is 124 cm³/mol. The molecule has 0 bridgehead atoms. The number of carbonyl (C=O) groups excluding carboxylic acids is 1. The highest BCUT2D eigenvalue weighted by molar-refractivity contribution is 6.00. The molecule has 0 saturated carbocycles. The van der Waals surface area contributed by atoms with Crippen LogP contribution in [0, 0.1) is 0 Å². The molecule has 0 aliphatic carbocycles. The number of nitrogens with zero attached hydrogens (tertiary/aromatic N) is 4. The van der Waals surface area contributed by atoms with Crippen LogP contribution in [0.3, 0.4) is 0 Å². The second-order valence-corrected chi connectivity index (χ2v) is 8.47. The van der Waals surface area contributed by atoms with Gasteiger partial charge in [0, 0.05) is 18.5 Å². The average Bonchev–Trinajstić information content (AvgIpc) is 3.53. The molecule has 2 aromatic carbocycles. The molecule has 1 aromatic heterocycles. The van der Waals surface area contributed by atoms with Gasteiger partial charge in [-0.2, -0.15) is 4.98 Å². The molecule has 2 saturated heterocycles. The summed E-state index contributed by atoms with van der Waals surface area (Å²) in [6.07, 6.45) is 2.62. The number of oxime groups is 1. The van der Waals surface area contributed by atoms with Crippen molar-refractivity contribution < 1.29 is 14.2 Å². The quantitative estimate of drug-likeness (QED) is 0.601. The Hall–Kier alpha value is -3.52. The zero-order chi connectivity index (χ0) is 22.6. The van der Waals surface area contributed by atoms with Crippen LogP contribution < -0.4 is 5.32 Å². The van der Waals surface area contributed by atoms with Crippen molar-refractivity contribution in [2.24, 2.45) is 5.16 Å².